The van der Waals surface area contributed by atoms with E-state index in [-0.39, 0.29) is 30.8 Å². The van der Waals surface area contributed by atoms with Gasteiger partial charge in [0.15, 0.2) is 0 Å². The van der Waals surface area contributed by atoms with Crippen molar-refractivity contribution in [1.82, 2.24) is 15.3 Å². The maximum absolute atomic E-state index is 12.2. The molecule has 1 amide bonds. The number of ether oxygens (including phenoxy) is 2. The molecular weight excluding hydrogens is 262 g/mol. The highest BCUT2D eigenvalue weighted by Gasteiger charge is 2.47. The fourth-order valence-corrected chi connectivity index (χ4v) is 2.68. The lowest BCUT2D eigenvalue weighted by Crippen LogP contribution is -2.44. The number of aliphatic hydroxyl groups is 1. The Hall–Kier alpha value is -1.57. The number of hydrogen-bond acceptors (Lipinski definition) is 6. The molecule has 20 heavy (non-hydrogen) atoms. The minimum atomic E-state index is -0.620. The lowest BCUT2D eigenvalue weighted by molar-refractivity contribution is 0.0178. The highest BCUT2D eigenvalue weighted by atomic mass is 16.6. The van der Waals surface area contributed by atoms with E-state index in [0.717, 1.165) is 5.69 Å². The van der Waals surface area contributed by atoms with Gasteiger partial charge in [-0.25, -0.2) is 9.97 Å². The topological polar surface area (TPSA) is 93.6 Å². The molecule has 0 saturated carbocycles. The summed E-state index contributed by atoms with van der Waals surface area (Å²) in [5.74, 6) is 0.279. The van der Waals surface area contributed by atoms with Crippen molar-refractivity contribution in [1.29, 1.82) is 0 Å². The molecule has 0 aliphatic carbocycles. The second-order valence-electron chi connectivity index (χ2n) is 5.18. The van der Waals surface area contributed by atoms with E-state index in [0.29, 0.717) is 18.1 Å². The first-order valence-corrected chi connectivity index (χ1v) is 6.59. The number of carbonyl (C=O) groups is 1. The summed E-state index contributed by atoms with van der Waals surface area (Å²) in [4.78, 5) is 20.5. The van der Waals surface area contributed by atoms with Crippen LogP contribution in [0.5, 0.6) is 0 Å². The molecule has 7 nitrogen and oxygen atoms in total. The number of aliphatic hydroxyl groups excluding tert-OH is 1. The summed E-state index contributed by atoms with van der Waals surface area (Å²) in [6, 6.07) is 1.38. The molecular formula is C13H17N3O4. The summed E-state index contributed by atoms with van der Waals surface area (Å²) in [6.45, 7) is 4.14. The van der Waals surface area contributed by atoms with Crippen LogP contribution >= 0.6 is 0 Å². The van der Waals surface area contributed by atoms with E-state index in [1.165, 1.54) is 0 Å². The molecule has 0 aromatic carbocycles. The summed E-state index contributed by atoms with van der Waals surface area (Å²) in [6.07, 6.45) is -1.27. The van der Waals surface area contributed by atoms with Crippen molar-refractivity contribution < 1.29 is 19.4 Å². The average Bonchev–Trinajstić information content (AvgIpc) is 2.93. The molecule has 7 heteroatoms. The predicted molar refractivity (Wildman–Crippen MR) is 68.2 cm³/mol. The summed E-state index contributed by atoms with van der Waals surface area (Å²) in [5.41, 5.74) is 1.08. The Balaban J connectivity index is 1.70. The van der Waals surface area contributed by atoms with Gasteiger partial charge in [0.1, 0.15) is 29.8 Å². The summed E-state index contributed by atoms with van der Waals surface area (Å²) in [5, 5.41) is 12.5. The molecule has 2 aliphatic rings. The standard InChI is InChI=1S/C13H17N3O4/c1-6-3-8(15-7(2)14-6)13(18)16-9-4-19-12-10(17)5-20-11(9)12/h3,9-12,17H,4-5H2,1-2H3,(H,16,18)/t9-,10+,11+,12+/m0/s1. The molecule has 2 fully saturated rings. The number of rotatable bonds is 2. The Morgan fingerprint density at radius 3 is 2.80 bits per heavy atom. The van der Waals surface area contributed by atoms with Crippen LogP contribution in [-0.4, -0.2) is 58.5 Å². The fourth-order valence-electron chi connectivity index (χ4n) is 2.68. The molecule has 108 valence electrons. The van der Waals surface area contributed by atoms with E-state index in [4.69, 9.17) is 9.47 Å². The van der Waals surface area contributed by atoms with Crippen LogP contribution in [0.3, 0.4) is 0 Å². The summed E-state index contributed by atoms with van der Waals surface area (Å²) in [7, 11) is 0. The first kappa shape index (κ1) is 13.4. The van der Waals surface area contributed by atoms with E-state index in [1.54, 1.807) is 13.0 Å². The normalized spacial score (nSPS) is 32.1. The van der Waals surface area contributed by atoms with Gasteiger partial charge in [-0.15, -0.1) is 0 Å². The lowest BCUT2D eigenvalue weighted by Gasteiger charge is -2.17. The molecule has 1 aromatic rings. The van der Waals surface area contributed by atoms with E-state index >= 15 is 0 Å². The molecule has 2 aliphatic heterocycles. The highest BCUT2D eigenvalue weighted by Crippen LogP contribution is 2.27. The second-order valence-corrected chi connectivity index (χ2v) is 5.18. The fraction of sp³-hybridized carbons (Fsp3) is 0.615. The Morgan fingerprint density at radius 1 is 1.30 bits per heavy atom. The SMILES string of the molecule is Cc1cc(C(=O)N[C@H]2CO[C@H]3[C@@H]2OC[C@H]3O)nc(C)n1. The van der Waals surface area contributed by atoms with Gasteiger partial charge in [-0.2, -0.15) is 0 Å². The molecule has 2 saturated heterocycles. The van der Waals surface area contributed by atoms with Gasteiger partial charge in [-0.1, -0.05) is 0 Å². The Kier molecular flexibility index (Phi) is 3.41. The molecule has 0 radical (unpaired) electrons. The second kappa shape index (κ2) is 5.08. The number of amides is 1. The van der Waals surface area contributed by atoms with Gasteiger partial charge in [-0.05, 0) is 19.9 Å². The van der Waals surface area contributed by atoms with E-state index in [1.807, 2.05) is 6.92 Å². The molecule has 4 atom stereocenters. The van der Waals surface area contributed by atoms with Gasteiger partial charge in [-0.3, -0.25) is 4.79 Å². The predicted octanol–water partition coefficient (Wildman–Crippen LogP) is -0.650. The molecule has 3 rings (SSSR count). The van der Waals surface area contributed by atoms with E-state index in [9.17, 15) is 9.90 Å². The zero-order valence-electron chi connectivity index (χ0n) is 11.4. The van der Waals surface area contributed by atoms with Crippen molar-refractivity contribution >= 4 is 5.91 Å². The zero-order chi connectivity index (χ0) is 14.3. The van der Waals surface area contributed by atoms with Gasteiger partial charge in [0.25, 0.3) is 5.91 Å². The quantitative estimate of drug-likeness (QED) is 0.747. The molecule has 1 aromatic heterocycles. The molecule has 2 N–H and O–H groups in total. The molecule has 3 heterocycles. The average molecular weight is 279 g/mol. The van der Waals surface area contributed by atoms with Gasteiger partial charge in [0, 0.05) is 5.69 Å². The smallest absolute Gasteiger partial charge is 0.270 e. The lowest BCUT2D eigenvalue weighted by atomic mass is 10.1. The zero-order valence-corrected chi connectivity index (χ0v) is 11.4. The van der Waals surface area contributed by atoms with Gasteiger partial charge >= 0.3 is 0 Å². The van der Waals surface area contributed by atoms with Crippen LogP contribution in [-0.2, 0) is 9.47 Å². The number of aromatic nitrogens is 2. The third kappa shape index (κ3) is 2.39. The minimum Gasteiger partial charge on any atom is -0.388 e. The van der Waals surface area contributed by atoms with Crippen LogP contribution in [0.25, 0.3) is 0 Å². The number of nitrogens with one attached hydrogen (secondary N) is 1. The van der Waals surface area contributed by atoms with Crippen LogP contribution in [0.1, 0.15) is 22.0 Å². The van der Waals surface area contributed by atoms with Crippen molar-refractivity contribution in [3.63, 3.8) is 0 Å². The van der Waals surface area contributed by atoms with Crippen LogP contribution in [0.15, 0.2) is 6.07 Å². The first-order valence-electron chi connectivity index (χ1n) is 6.59. The maximum atomic E-state index is 12.2. The number of hydrogen-bond donors (Lipinski definition) is 2. The number of aryl methyl sites for hydroxylation is 2. The monoisotopic (exact) mass is 279 g/mol. The van der Waals surface area contributed by atoms with E-state index in [2.05, 4.69) is 15.3 Å². The van der Waals surface area contributed by atoms with Gasteiger partial charge in [0.05, 0.1) is 19.3 Å². The number of fused-ring (bicyclic) bond motifs is 1. The molecule has 0 bridgehead atoms. The maximum Gasteiger partial charge on any atom is 0.270 e. The van der Waals surface area contributed by atoms with Crippen LogP contribution in [0.4, 0.5) is 0 Å². The number of carbonyl (C=O) groups excluding carboxylic acids is 1. The highest BCUT2D eigenvalue weighted by molar-refractivity contribution is 5.92. The van der Waals surface area contributed by atoms with Crippen molar-refractivity contribution in [2.24, 2.45) is 0 Å². The molecule has 0 unspecified atom stereocenters. The van der Waals surface area contributed by atoms with Gasteiger partial charge in [0.2, 0.25) is 0 Å². The van der Waals surface area contributed by atoms with Crippen molar-refractivity contribution in [3.8, 4) is 0 Å². The minimum absolute atomic E-state index is 0.243. The largest absolute Gasteiger partial charge is 0.388 e. The Bertz CT molecular complexity index is 516. The van der Waals surface area contributed by atoms with Gasteiger partial charge < -0.3 is 19.9 Å². The van der Waals surface area contributed by atoms with Crippen LogP contribution in [0.2, 0.25) is 0 Å². The Morgan fingerprint density at radius 2 is 2.05 bits per heavy atom. The summed E-state index contributed by atoms with van der Waals surface area (Å²) < 4.78 is 10.9. The van der Waals surface area contributed by atoms with Crippen LogP contribution < -0.4 is 5.32 Å². The molecule has 0 spiro atoms. The Labute approximate surface area is 116 Å². The first-order chi connectivity index (χ1) is 9.54. The number of nitrogens with zero attached hydrogens (tertiary/aromatic N) is 2. The van der Waals surface area contributed by atoms with Crippen LogP contribution in [0, 0.1) is 13.8 Å². The van der Waals surface area contributed by atoms with Crippen molar-refractivity contribution in [2.75, 3.05) is 13.2 Å². The third-order valence-corrected chi connectivity index (χ3v) is 3.54. The van der Waals surface area contributed by atoms with Crippen molar-refractivity contribution in [3.05, 3.63) is 23.3 Å². The third-order valence-electron chi connectivity index (χ3n) is 3.54. The summed E-state index contributed by atoms with van der Waals surface area (Å²) >= 11 is 0. The van der Waals surface area contributed by atoms with E-state index < -0.39 is 6.10 Å². The van der Waals surface area contributed by atoms with Crippen molar-refractivity contribution in [2.45, 2.75) is 38.2 Å².